The van der Waals surface area contributed by atoms with Crippen LogP contribution in [0.1, 0.15) is 11.1 Å². The Morgan fingerprint density at radius 2 is 1.89 bits per heavy atom. The van der Waals surface area contributed by atoms with E-state index in [1.807, 2.05) is 0 Å². The molecule has 5 nitrogen and oxygen atoms in total. The molecule has 0 radical (unpaired) electrons. The van der Waals surface area contributed by atoms with Gasteiger partial charge in [-0.15, -0.1) is 0 Å². The van der Waals surface area contributed by atoms with Crippen molar-refractivity contribution in [1.82, 2.24) is 4.90 Å². The molecule has 96 valence electrons. The summed E-state index contributed by atoms with van der Waals surface area (Å²) in [6, 6.07) is 4.15. The average molecular weight is 252 g/mol. The van der Waals surface area contributed by atoms with E-state index in [9.17, 15) is 14.0 Å². The summed E-state index contributed by atoms with van der Waals surface area (Å²) in [5, 5.41) is 0. The Labute approximate surface area is 103 Å². The number of nitrogens with zero attached hydrogens (tertiary/aromatic N) is 1. The zero-order chi connectivity index (χ0) is 13.1. The maximum absolute atomic E-state index is 13.2. The molecule has 1 aliphatic rings. The van der Waals surface area contributed by atoms with Crippen molar-refractivity contribution in [3.63, 3.8) is 0 Å². The smallest absolute Gasteiger partial charge is 0.255 e. The summed E-state index contributed by atoms with van der Waals surface area (Å²) in [7, 11) is 0. The zero-order valence-corrected chi connectivity index (χ0v) is 9.69. The number of rotatable bonds is 3. The third kappa shape index (κ3) is 2.55. The largest absolute Gasteiger partial charge is 0.362 e. The second-order valence-corrected chi connectivity index (χ2v) is 3.98. The molecule has 0 aromatic heterocycles. The highest BCUT2D eigenvalue weighted by molar-refractivity contribution is 5.98. The van der Waals surface area contributed by atoms with Gasteiger partial charge in [0.15, 0.2) is 0 Å². The Balaban J connectivity index is 2.24. The number of morpholine rings is 1. The normalized spacial score (nSPS) is 16.2. The fraction of sp³-hybridized carbons (Fsp3) is 0.333. The molecule has 1 aromatic carbocycles. The Morgan fingerprint density at radius 3 is 2.50 bits per heavy atom. The number of benzene rings is 1. The molecule has 1 saturated heterocycles. The first kappa shape index (κ1) is 12.7. The van der Waals surface area contributed by atoms with Crippen LogP contribution < -0.4 is 5.73 Å². The Kier molecular flexibility index (Phi) is 3.69. The van der Waals surface area contributed by atoms with Crippen LogP contribution in [0.3, 0.4) is 0 Å². The van der Waals surface area contributed by atoms with Crippen LogP contribution in [-0.4, -0.2) is 29.9 Å². The van der Waals surface area contributed by atoms with Gasteiger partial charge in [-0.1, -0.05) is 6.07 Å². The number of nitrogens with two attached hydrogens (primary N) is 1. The third-order valence-corrected chi connectivity index (χ3v) is 2.77. The highest BCUT2D eigenvalue weighted by Crippen LogP contribution is 2.15. The third-order valence-electron chi connectivity index (χ3n) is 2.77. The number of ether oxygens (including phenoxy) is 1. The summed E-state index contributed by atoms with van der Waals surface area (Å²) < 4.78 is 18.0. The Bertz CT molecular complexity index is 474. The molecule has 0 atom stereocenters. The van der Waals surface area contributed by atoms with Crippen molar-refractivity contribution in [3.05, 3.63) is 35.1 Å². The van der Waals surface area contributed by atoms with E-state index in [-0.39, 0.29) is 26.3 Å². The maximum Gasteiger partial charge on any atom is 0.255 e. The molecule has 6 heteroatoms. The Hall–Kier alpha value is -1.79. The molecular weight excluding hydrogens is 239 g/mol. The molecule has 1 aliphatic heterocycles. The minimum Gasteiger partial charge on any atom is -0.362 e. The van der Waals surface area contributed by atoms with Crippen LogP contribution in [0.5, 0.6) is 0 Å². The molecule has 2 amide bonds. The fourth-order valence-corrected chi connectivity index (χ4v) is 1.81. The molecule has 0 unspecified atom stereocenters. The van der Waals surface area contributed by atoms with Crippen LogP contribution in [0.2, 0.25) is 0 Å². The highest BCUT2D eigenvalue weighted by Gasteiger charge is 2.27. The summed E-state index contributed by atoms with van der Waals surface area (Å²) in [5.41, 5.74) is 6.79. The van der Waals surface area contributed by atoms with Gasteiger partial charge in [0.05, 0.1) is 6.54 Å². The van der Waals surface area contributed by atoms with Gasteiger partial charge in [0.25, 0.3) is 11.8 Å². The zero-order valence-electron chi connectivity index (χ0n) is 9.69. The second kappa shape index (κ2) is 5.24. The fourth-order valence-electron chi connectivity index (χ4n) is 1.81. The van der Waals surface area contributed by atoms with Crippen molar-refractivity contribution in [2.24, 2.45) is 5.73 Å². The summed E-state index contributed by atoms with van der Waals surface area (Å²) in [6.45, 7) is 0.00564. The molecule has 18 heavy (non-hydrogen) atoms. The summed E-state index contributed by atoms with van der Waals surface area (Å²) >= 11 is 0. The van der Waals surface area contributed by atoms with E-state index >= 15 is 0 Å². The minimum atomic E-state index is -0.421. The first-order valence-corrected chi connectivity index (χ1v) is 5.50. The molecule has 0 saturated carbocycles. The predicted octanol–water partition coefficient (Wildman–Crippen LogP) is 0.170. The van der Waals surface area contributed by atoms with Crippen molar-refractivity contribution in [2.75, 3.05) is 13.2 Å². The van der Waals surface area contributed by atoms with Crippen molar-refractivity contribution in [2.45, 2.75) is 13.1 Å². The number of carbonyl (C=O) groups excluding carboxylic acids is 2. The summed E-state index contributed by atoms with van der Waals surface area (Å²) in [6.07, 6.45) is 0. The van der Waals surface area contributed by atoms with Gasteiger partial charge >= 0.3 is 0 Å². The molecule has 1 heterocycles. The first-order valence-electron chi connectivity index (χ1n) is 5.50. The van der Waals surface area contributed by atoms with E-state index in [1.165, 1.54) is 12.1 Å². The van der Waals surface area contributed by atoms with E-state index in [2.05, 4.69) is 0 Å². The lowest BCUT2D eigenvalue weighted by molar-refractivity contribution is -0.159. The van der Waals surface area contributed by atoms with Gasteiger partial charge in [-0.3, -0.25) is 14.5 Å². The summed E-state index contributed by atoms with van der Waals surface area (Å²) in [4.78, 5) is 24.2. The molecule has 2 rings (SSSR count). The van der Waals surface area contributed by atoms with Gasteiger partial charge in [0.1, 0.15) is 19.0 Å². The number of amides is 2. The molecule has 2 N–H and O–H groups in total. The van der Waals surface area contributed by atoms with Crippen molar-refractivity contribution >= 4 is 11.8 Å². The standard InChI is InChI=1S/C12H13FN2O3/c13-10-2-1-8(4-14)9(3-10)5-15-11(16)6-18-7-12(15)17/h1-3H,4-7,14H2. The van der Waals surface area contributed by atoms with Gasteiger partial charge in [-0.05, 0) is 23.3 Å². The van der Waals surface area contributed by atoms with Crippen LogP contribution in [0.15, 0.2) is 18.2 Å². The second-order valence-electron chi connectivity index (χ2n) is 3.98. The number of imide groups is 1. The van der Waals surface area contributed by atoms with Gasteiger partial charge in [0, 0.05) is 6.54 Å². The predicted molar refractivity (Wildman–Crippen MR) is 60.7 cm³/mol. The number of halogens is 1. The van der Waals surface area contributed by atoms with Crippen LogP contribution in [0.25, 0.3) is 0 Å². The first-order chi connectivity index (χ1) is 8.61. The van der Waals surface area contributed by atoms with Crippen LogP contribution in [0, 0.1) is 5.82 Å². The molecule has 0 aliphatic carbocycles. The topological polar surface area (TPSA) is 72.6 Å². The molecule has 0 bridgehead atoms. The van der Waals surface area contributed by atoms with Gasteiger partial charge in [0.2, 0.25) is 0 Å². The van der Waals surface area contributed by atoms with Crippen molar-refractivity contribution in [3.8, 4) is 0 Å². The minimum absolute atomic E-state index is 0.0331. The average Bonchev–Trinajstić information content (AvgIpc) is 2.34. The molecule has 1 aromatic rings. The quantitative estimate of drug-likeness (QED) is 0.778. The van der Waals surface area contributed by atoms with E-state index in [4.69, 9.17) is 10.5 Å². The SMILES string of the molecule is NCc1ccc(F)cc1CN1C(=O)COCC1=O. The Morgan fingerprint density at radius 1 is 1.22 bits per heavy atom. The lowest BCUT2D eigenvalue weighted by atomic mass is 10.1. The van der Waals surface area contributed by atoms with Crippen molar-refractivity contribution < 1.29 is 18.7 Å². The number of carbonyl (C=O) groups is 2. The van der Waals surface area contributed by atoms with E-state index in [0.717, 1.165) is 4.90 Å². The lowest BCUT2D eigenvalue weighted by Crippen LogP contribution is -2.45. The van der Waals surface area contributed by atoms with Crippen LogP contribution >= 0.6 is 0 Å². The summed E-state index contributed by atoms with van der Waals surface area (Å²) in [5.74, 6) is -1.26. The van der Waals surface area contributed by atoms with Gasteiger partial charge in [-0.2, -0.15) is 0 Å². The lowest BCUT2D eigenvalue weighted by Gasteiger charge is -2.25. The molecule has 0 spiro atoms. The maximum atomic E-state index is 13.2. The number of hydrogen-bond acceptors (Lipinski definition) is 4. The van der Waals surface area contributed by atoms with Crippen LogP contribution in [0.4, 0.5) is 4.39 Å². The monoisotopic (exact) mass is 252 g/mol. The van der Waals surface area contributed by atoms with E-state index in [1.54, 1.807) is 6.07 Å². The van der Waals surface area contributed by atoms with E-state index in [0.29, 0.717) is 11.1 Å². The molecule has 1 fully saturated rings. The van der Waals surface area contributed by atoms with Gasteiger partial charge in [-0.25, -0.2) is 4.39 Å². The van der Waals surface area contributed by atoms with Crippen molar-refractivity contribution in [1.29, 1.82) is 0 Å². The molecular formula is C12H13FN2O3. The van der Waals surface area contributed by atoms with E-state index < -0.39 is 17.6 Å². The van der Waals surface area contributed by atoms with Gasteiger partial charge < -0.3 is 10.5 Å². The highest BCUT2D eigenvalue weighted by atomic mass is 19.1. The number of hydrogen-bond donors (Lipinski definition) is 1. The van der Waals surface area contributed by atoms with Crippen LogP contribution in [-0.2, 0) is 27.4 Å².